The highest BCUT2D eigenvalue weighted by molar-refractivity contribution is 4.92. The molecule has 0 aromatic carbocycles. The second-order valence-corrected chi connectivity index (χ2v) is 10.2. The molecule has 0 bridgehead atoms. The minimum atomic E-state index is -0.478. The van der Waals surface area contributed by atoms with Crippen LogP contribution in [0, 0.1) is 0 Å². The van der Waals surface area contributed by atoms with Crippen molar-refractivity contribution in [2.24, 2.45) is 0 Å². The van der Waals surface area contributed by atoms with E-state index in [2.05, 4.69) is 0 Å². The molecule has 0 spiro atoms. The van der Waals surface area contributed by atoms with Gasteiger partial charge < -0.3 is 56.8 Å². The molecule has 6 rings (SSSR count). The molecule has 6 aliphatic heterocycles. The summed E-state index contributed by atoms with van der Waals surface area (Å²) in [5.74, 6) is 0. The summed E-state index contributed by atoms with van der Waals surface area (Å²) in [5, 5.41) is 0. The van der Waals surface area contributed by atoms with Crippen molar-refractivity contribution in [2.45, 2.75) is 61.0 Å². The summed E-state index contributed by atoms with van der Waals surface area (Å²) in [7, 11) is 0. The van der Waals surface area contributed by atoms with Crippen molar-refractivity contribution < 1.29 is 56.8 Å². The van der Waals surface area contributed by atoms with Crippen molar-refractivity contribution in [3.63, 3.8) is 0 Å². The van der Waals surface area contributed by atoms with Gasteiger partial charge >= 0.3 is 0 Å². The third-order valence-corrected chi connectivity index (χ3v) is 7.13. The lowest BCUT2D eigenvalue weighted by molar-refractivity contribution is -0.293. The zero-order valence-corrected chi connectivity index (χ0v) is 20.6. The maximum atomic E-state index is 6.64. The Hall–Kier alpha value is -0.480. The van der Waals surface area contributed by atoms with Gasteiger partial charge in [-0.1, -0.05) is 0 Å². The van der Waals surface area contributed by atoms with Crippen molar-refractivity contribution in [2.75, 3.05) is 92.5 Å². The average Bonchev–Trinajstić information content (AvgIpc) is 2.68. The first-order valence-electron chi connectivity index (χ1n) is 13.1. The third kappa shape index (κ3) is 6.56. The van der Waals surface area contributed by atoms with Gasteiger partial charge in [0.05, 0.1) is 92.5 Å². The van der Waals surface area contributed by atoms with Gasteiger partial charge in [-0.15, -0.1) is 0 Å². The lowest BCUT2D eigenvalue weighted by Crippen LogP contribution is -2.60. The number of rotatable bonds is 17. The lowest BCUT2D eigenvalue weighted by atomic mass is 10.0. The van der Waals surface area contributed by atoms with Crippen molar-refractivity contribution in [3.05, 3.63) is 0 Å². The fourth-order valence-corrected chi connectivity index (χ4v) is 4.37. The Morgan fingerprint density at radius 3 is 0.917 bits per heavy atom. The smallest absolute Gasteiger partial charge is 0.115 e. The first-order chi connectivity index (χ1) is 17.8. The van der Waals surface area contributed by atoms with E-state index in [0.717, 1.165) is 0 Å². The van der Waals surface area contributed by atoms with Crippen LogP contribution in [0.25, 0.3) is 0 Å². The summed E-state index contributed by atoms with van der Waals surface area (Å²) in [5.41, 5.74) is 0. The molecular formula is C24H38O12. The molecule has 0 aromatic heterocycles. The van der Waals surface area contributed by atoms with Crippen LogP contribution in [0.4, 0.5) is 0 Å². The molecule has 6 saturated heterocycles. The average molecular weight is 519 g/mol. The molecule has 0 aliphatic carbocycles. The van der Waals surface area contributed by atoms with Crippen LogP contribution in [0.1, 0.15) is 0 Å². The largest absolute Gasteiger partial charge is 0.376 e. The minimum Gasteiger partial charge on any atom is -0.376 e. The second-order valence-electron chi connectivity index (χ2n) is 10.2. The fraction of sp³-hybridized carbons (Fsp3) is 1.00. The van der Waals surface area contributed by atoms with Gasteiger partial charge in [-0.3, -0.25) is 0 Å². The Morgan fingerprint density at radius 1 is 0.389 bits per heavy atom. The molecule has 12 nitrogen and oxygen atoms in total. The van der Waals surface area contributed by atoms with Crippen LogP contribution in [0.2, 0.25) is 0 Å². The van der Waals surface area contributed by atoms with E-state index < -0.39 is 24.4 Å². The van der Waals surface area contributed by atoms with Gasteiger partial charge in [-0.05, 0) is 0 Å². The van der Waals surface area contributed by atoms with Gasteiger partial charge in [0.2, 0.25) is 0 Å². The molecule has 6 fully saturated rings. The molecule has 6 heterocycles. The molecule has 0 radical (unpaired) electrons. The van der Waals surface area contributed by atoms with Gasteiger partial charge in [-0.2, -0.15) is 0 Å². The van der Waals surface area contributed by atoms with E-state index in [4.69, 9.17) is 56.8 Å². The fourth-order valence-electron chi connectivity index (χ4n) is 4.37. The zero-order valence-electron chi connectivity index (χ0n) is 20.6. The van der Waals surface area contributed by atoms with Crippen molar-refractivity contribution in [1.82, 2.24) is 0 Å². The van der Waals surface area contributed by atoms with E-state index in [-0.39, 0.29) is 36.6 Å². The van der Waals surface area contributed by atoms with Crippen LogP contribution >= 0.6 is 0 Å². The van der Waals surface area contributed by atoms with Crippen LogP contribution < -0.4 is 0 Å². The highest BCUT2D eigenvalue weighted by Crippen LogP contribution is 2.28. The summed E-state index contributed by atoms with van der Waals surface area (Å²) in [4.78, 5) is 0. The quantitative estimate of drug-likeness (QED) is 0.234. The van der Waals surface area contributed by atoms with Crippen LogP contribution in [-0.4, -0.2) is 154 Å². The molecule has 4 atom stereocenters. The highest BCUT2D eigenvalue weighted by Gasteiger charge is 2.46. The molecular weight excluding hydrogens is 480 g/mol. The first-order valence-corrected chi connectivity index (χ1v) is 13.1. The monoisotopic (exact) mass is 518 g/mol. The van der Waals surface area contributed by atoms with E-state index in [1.807, 2.05) is 0 Å². The minimum absolute atomic E-state index is 0.0181. The first kappa shape index (κ1) is 25.8. The Balaban J connectivity index is 1.22. The molecule has 6 aliphatic rings. The SMILES string of the molecule is C1OCC1OC[C@H](OC1COC1)[C@@H](OC1COC1)[C@H](OC1COC1)[C@@H](COC1COC1)OC1COC1. The van der Waals surface area contributed by atoms with Gasteiger partial charge in [0.25, 0.3) is 0 Å². The zero-order chi connectivity index (χ0) is 24.2. The Morgan fingerprint density at radius 2 is 0.667 bits per heavy atom. The molecule has 0 amide bonds. The Bertz CT molecular complexity index is 603. The summed E-state index contributed by atoms with van der Waals surface area (Å²) in [6.07, 6.45) is -1.79. The van der Waals surface area contributed by atoms with Crippen LogP contribution in [0.3, 0.4) is 0 Å². The van der Waals surface area contributed by atoms with E-state index >= 15 is 0 Å². The second kappa shape index (κ2) is 12.6. The molecule has 0 aromatic rings. The number of hydrogen-bond donors (Lipinski definition) is 0. The molecule has 36 heavy (non-hydrogen) atoms. The Kier molecular flexibility index (Phi) is 9.01. The van der Waals surface area contributed by atoms with Gasteiger partial charge in [0.1, 0.15) is 61.0 Å². The molecule has 0 saturated carbocycles. The maximum Gasteiger partial charge on any atom is 0.115 e. The Labute approximate surface area is 210 Å². The summed E-state index contributed by atoms with van der Waals surface area (Å²) >= 11 is 0. The molecule has 0 N–H and O–H groups in total. The van der Waals surface area contributed by atoms with Crippen LogP contribution in [-0.2, 0) is 56.8 Å². The van der Waals surface area contributed by atoms with Crippen LogP contribution in [0.5, 0.6) is 0 Å². The summed E-state index contributed by atoms with van der Waals surface area (Å²) in [6.45, 7) is 7.38. The van der Waals surface area contributed by atoms with Crippen LogP contribution in [0.15, 0.2) is 0 Å². The normalized spacial score (nSPS) is 29.7. The molecule has 0 unspecified atom stereocenters. The van der Waals surface area contributed by atoms with Gasteiger partial charge in [0.15, 0.2) is 0 Å². The molecule has 12 heteroatoms. The van der Waals surface area contributed by atoms with Crippen molar-refractivity contribution >= 4 is 0 Å². The number of ether oxygens (including phenoxy) is 12. The highest BCUT2D eigenvalue weighted by atomic mass is 16.7. The maximum absolute atomic E-state index is 6.64. The summed E-state index contributed by atoms with van der Waals surface area (Å²) in [6, 6.07) is 0. The third-order valence-electron chi connectivity index (χ3n) is 7.13. The van der Waals surface area contributed by atoms with E-state index in [1.165, 1.54) is 0 Å². The standard InChI is InChI=1S/C24H38O12/c1-15(2-25-1)31-13-21(33-17-5-27-6-17)23(35-19-9-29-10-19)24(36-20-11-30-12-20)22(34-18-7-28-8-18)14-32-16-3-26-4-16/h15-24H,1-14H2/t21-,22+,23-,24-/m1/s1. The van der Waals surface area contributed by atoms with E-state index in [1.54, 1.807) is 0 Å². The van der Waals surface area contributed by atoms with E-state index in [9.17, 15) is 0 Å². The van der Waals surface area contributed by atoms with Crippen molar-refractivity contribution in [3.8, 4) is 0 Å². The van der Waals surface area contributed by atoms with Gasteiger partial charge in [-0.25, -0.2) is 0 Å². The number of hydrogen-bond acceptors (Lipinski definition) is 12. The van der Waals surface area contributed by atoms with Gasteiger partial charge in [0, 0.05) is 0 Å². The topological polar surface area (TPSA) is 111 Å². The molecule has 206 valence electrons. The van der Waals surface area contributed by atoms with Crippen molar-refractivity contribution in [1.29, 1.82) is 0 Å². The summed E-state index contributed by atoms with van der Waals surface area (Å²) < 4.78 is 70.7. The van der Waals surface area contributed by atoms with E-state index in [0.29, 0.717) is 92.5 Å². The predicted octanol–water partition coefficient (Wildman–Crippen LogP) is -1.05. The lowest BCUT2D eigenvalue weighted by Gasteiger charge is -2.45. The predicted molar refractivity (Wildman–Crippen MR) is 119 cm³/mol.